The summed E-state index contributed by atoms with van der Waals surface area (Å²) in [7, 11) is 0. The highest BCUT2D eigenvalue weighted by molar-refractivity contribution is 5.92. The van der Waals surface area contributed by atoms with E-state index in [0.29, 0.717) is 5.56 Å². The van der Waals surface area contributed by atoms with Gasteiger partial charge in [-0.05, 0) is 36.6 Å². The first-order chi connectivity index (χ1) is 10.7. The Bertz CT molecular complexity index is 699. The fourth-order valence-corrected chi connectivity index (χ4v) is 2.22. The number of hydrogen-bond acceptors (Lipinski definition) is 2. The van der Waals surface area contributed by atoms with Crippen molar-refractivity contribution in [3.8, 4) is 6.07 Å². The molecular formula is C19H18N2O. The van der Waals surface area contributed by atoms with Gasteiger partial charge in [-0.15, -0.1) is 0 Å². The van der Waals surface area contributed by atoms with Crippen LogP contribution in [0.3, 0.4) is 0 Å². The number of rotatable bonds is 5. The Balaban J connectivity index is 1.92. The first kappa shape index (κ1) is 15.5. The molecule has 0 spiro atoms. The van der Waals surface area contributed by atoms with Gasteiger partial charge < -0.3 is 5.32 Å². The topological polar surface area (TPSA) is 52.9 Å². The van der Waals surface area contributed by atoms with Crippen LogP contribution in [-0.2, 0) is 11.2 Å². The van der Waals surface area contributed by atoms with Gasteiger partial charge in [0, 0.05) is 12.1 Å². The summed E-state index contributed by atoms with van der Waals surface area (Å²) in [4.78, 5) is 11.9. The number of nitrogens with zero attached hydrogens (tertiary/aromatic N) is 1. The van der Waals surface area contributed by atoms with Gasteiger partial charge in [-0.25, -0.2) is 0 Å². The predicted molar refractivity (Wildman–Crippen MR) is 87.9 cm³/mol. The second kappa shape index (κ2) is 7.80. The summed E-state index contributed by atoms with van der Waals surface area (Å²) in [5.41, 5.74) is 2.49. The van der Waals surface area contributed by atoms with Crippen molar-refractivity contribution in [2.75, 3.05) is 0 Å². The molecule has 2 aromatic rings. The zero-order valence-corrected chi connectivity index (χ0v) is 12.5. The number of benzene rings is 2. The molecule has 0 aromatic heterocycles. The average Bonchev–Trinajstić information content (AvgIpc) is 2.54. The molecule has 0 aliphatic rings. The molecule has 2 rings (SSSR count). The number of carbonyl (C=O) groups is 1. The Morgan fingerprint density at radius 1 is 1.18 bits per heavy atom. The van der Waals surface area contributed by atoms with E-state index in [9.17, 15) is 4.79 Å². The van der Waals surface area contributed by atoms with Gasteiger partial charge in [0.25, 0.3) is 0 Å². The number of hydrogen-bond donors (Lipinski definition) is 1. The van der Waals surface area contributed by atoms with E-state index in [-0.39, 0.29) is 11.9 Å². The van der Waals surface area contributed by atoms with E-state index in [1.54, 1.807) is 18.2 Å². The van der Waals surface area contributed by atoms with Gasteiger partial charge >= 0.3 is 0 Å². The Morgan fingerprint density at radius 3 is 2.59 bits per heavy atom. The first-order valence-corrected chi connectivity index (χ1v) is 7.20. The number of nitrogens with one attached hydrogen (secondary N) is 1. The van der Waals surface area contributed by atoms with E-state index < -0.39 is 0 Å². The molecule has 0 aliphatic heterocycles. The molecule has 0 radical (unpaired) electrons. The smallest absolute Gasteiger partial charge is 0.244 e. The predicted octanol–water partition coefficient (Wildman–Crippen LogP) is 3.32. The molecule has 0 bridgehead atoms. The molecule has 22 heavy (non-hydrogen) atoms. The Labute approximate surface area is 130 Å². The normalized spacial score (nSPS) is 11.8. The highest BCUT2D eigenvalue weighted by Crippen LogP contribution is 2.09. The lowest BCUT2D eigenvalue weighted by Crippen LogP contribution is -2.32. The monoisotopic (exact) mass is 290 g/mol. The number of nitriles is 1. The molecule has 0 aliphatic carbocycles. The lowest BCUT2D eigenvalue weighted by atomic mass is 10.1. The molecule has 0 heterocycles. The summed E-state index contributed by atoms with van der Waals surface area (Å²) in [5, 5.41) is 11.9. The maximum absolute atomic E-state index is 11.9. The first-order valence-electron chi connectivity index (χ1n) is 7.20. The van der Waals surface area contributed by atoms with Gasteiger partial charge in [-0.2, -0.15) is 5.26 Å². The van der Waals surface area contributed by atoms with Crippen molar-refractivity contribution >= 4 is 12.0 Å². The maximum Gasteiger partial charge on any atom is 0.244 e. The average molecular weight is 290 g/mol. The maximum atomic E-state index is 11.9. The van der Waals surface area contributed by atoms with Crippen LogP contribution in [0.5, 0.6) is 0 Å². The third-order valence-corrected chi connectivity index (χ3v) is 3.27. The molecule has 1 unspecified atom stereocenters. The summed E-state index contributed by atoms with van der Waals surface area (Å²) in [6, 6.07) is 19.4. The largest absolute Gasteiger partial charge is 0.350 e. The third kappa shape index (κ3) is 4.60. The molecule has 2 aromatic carbocycles. The second-order valence-electron chi connectivity index (χ2n) is 5.13. The summed E-state index contributed by atoms with van der Waals surface area (Å²) < 4.78 is 0. The number of amides is 1. The minimum atomic E-state index is -0.156. The van der Waals surface area contributed by atoms with Crippen molar-refractivity contribution in [2.24, 2.45) is 0 Å². The lowest BCUT2D eigenvalue weighted by Gasteiger charge is -2.12. The SMILES string of the molecule is CC(Cc1ccccc1)NC(=O)/C=C/c1ccccc1C#N. The molecular weight excluding hydrogens is 272 g/mol. The summed E-state index contributed by atoms with van der Waals surface area (Å²) in [6.45, 7) is 1.97. The van der Waals surface area contributed by atoms with Crippen LogP contribution in [-0.4, -0.2) is 11.9 Å². The minimum absolute atomic E-state index is 0.0470. The highest BCUT2D eigenvalue weighted by Gasteiger charge is 2.06. The van der Waals surface area contributed by atoms with E-state index in [0.717, 1.165) is 12.0 Å². The molecule has 0 fully saturated rings. The van der Waals surface area contributed by atoms with Gasteiger partial charge in [-0.1, -0.05) is 48.5 Å². The Kier molecular flexibility index (Phi) is 5.50. The van der Waals surface area contributed by atoms with Gasteiger partial charge in [-0.3, -0.25) is 4.79 Å². The van der Waals surface area contributed by atoms with Gasteiger partial charge in [0.15, 0.2) is 0 Å². The molecule has 3 heteroatoms. The van der Waals surface area contributed by atoms with Crippen LogP contribution in [0.2, 0.25) is 0 Å². The van der Waals surface area contributed by atoms with Crippen LogP contribution in [0.4, 0.5) is 0 Å². The molecule has 1 N–H and O–H groups in total. The summed E-state index contributed by atoms with van der Waals surface area (Å²) in [5.74, 6) is -0.156. The van der Waals surface area contributed by atoms with E-state index >= 15 is 0 Å². The van der Waals surface area contributed by atoms with Crippen LogP contribution in [0, 0.1) is 11.3 Å². The van der Waals surface area contributed by atoms with Gasteiger partial charge in [0.2, 0.25) is 5.91 Å². The fourth-order valence-electron chi connectivity index (χ4n) is 2.22. The van der Waals surface area contributed by atoms with E-state index in [4.69, 9.17) is 5.26 Å². The molecule has 110 valence electrons. The van der Waals surface area contributed by atoms with Gasteiger partial charge in [0.05, 0.1) is 11.6 Å². The van der Waals surface area contributed by atoms with E-state index in [1.807, 2.05) is 49.4 Å². The van der Waals surface area contributed by atoms with Crippen LogP contribution in [0.1, 0.15) is 23.6 Å². The molecule has 3 nitrogen and oxygen atoms in total. The van der Waals surface area contributed by atoms with Crippen molar-refractivity contribution in [3.05, 3.63) is 77.4 Å². The van der Waals surface area contributed by atoms with Crippen molar-refractivity contribution in [1.82, 2.24) is 5.32 Å². The third-order valence-electron chi connectivity index (χ3n) is 3.27. The summed E-state index contributed by atoms with van der Waals surface area (Å²) in [6.07, 6.45) is 3.93. The molecule has 1 atom stereocenters. The molecule has 0 saturated heterocycles. The standard InChI is InChI=1S/C19H18N2O/c1-15(13-16-7-3-2-4-8-16)21-19(22)12-11-17-9-5-6-10-18(17)14-20/h2-12,15H,13H2,1H3,(H,21,22)/b12-11+. The van der Waals surface area contributed by atoms with Crippen LogP contribution in [0.15, 0.2) is 60.7 Å². The van der Waals surface area contributed by atoms with E-state index in [2.05, 4.69) is 11.4 Å². The second-order valence-corrected chi connectivity index (χ2v) is 5.13. The van der Waals surface area contributed by atoms with E-state index in [1.165, 1.54) is 11.6 Å². The lowest BCUT2D eigenvalue weighted by molar-refractivity contribution is -0.117. The van der Waals surface area contributed by atoms with Crippen molar-refractivity contribution in [2.45, 2.75) is 19.4 Å². The quantitative estimate of drug-likeness (QED) is 0.859. The minimum Gasteiger partial charge on any atom is -0.350 e. The van der Waals surface area contributed by atoms with Crippen LogP contribution >= 0.6 is 0 Å². The van der Waals surface area contributed by atoms with Crippen molar-refractivity contribution in [1.29, 1.82) is 5.26 Å². The Morgan fingerprint density at radius 2 is 1.86 bits per heavy atom. The van der Waals surface area contributed by atoms with Crippen molar-refractivity contribution in [3.63, 3.8) is 0 Å². The zero-order valence-electron chi connectivity index (χ0n) is 12.5. The van der Waals surface area contributed by atoms with Gasteiger partial charge in [0.1, 0.15) is 0 Å². The van der Waals surface area contributed by atoms with Crippen LogP contribution < -0.4 is 5.32 Å². The zero-order chi connectivity index (χ0) is 15.8. The van der Waals surface area contributed by atoms with Crippen molar-refractivity contribution < 1.29 is 4.79 Å². The molecule has 1 amide bonds. The number of carbonyl (C=O) groups excluding carboxylic acids is 1. The van der Waals surface area contributed by atoms with Crippen LogP contribution in [0.25, 0.3) is 6.08 Å². The Hall–Kier alpha value is -2.86. The summed E-state index contributed by atoms with van der Waals surface area (Å²) >= 11 is 0. The highest BCUT2D eigenvalue weighted by atomic mass is 16.1. The fraction of sp³-hybridized carbons (Fsp3) is 0.158. The molecule has 0 saturated carbocycles.